The Bertz CT molecular complexity index is 288. The van der Waals surface area contributed by atoms with E-state index in [0.29, 0.717) is 0 Å². The number of benzene rings is 1. The lowest BCUT2D eigenvalue weighted by atomic mass is 10.4. The van der Waals surface area contributed by atoms with Crippen molar-refractivity contribution >= 4 is 29.1 Å². The van der Waals surface area contributed by atoms with Crippen molar-refractivity contribution in [2.75, 3.05) is 19.3 Å². The topological polar surface area (TPSA) is 24.1 Å². The average Bonchev–Trinajstić information content (AvgIpc) is 2.29. The summed E-state index contributed by atoms with van der Waals surface area (Å²) >= 11 is 6.85. The average molecular weight is 240 g/mol. The van der Waals surface area contributed by atoms with Gasteiger partial charge in [0.2, 0.25) is 0 Å². The molecule has 15 heavy (non-hydrogen) atoms. The molecule has 4 heteroatoms. The van der Waals surface area contributed by atoms with Crippen molar-refractivity contribution in [3.05, 3.63) is 30.3 Å². The van der Waals surface area contributed by atoms with Crippen LogP contribution < -0.4 is 10.6 Å². The third kappa shape index (κ3) is 5.64. The molecule has 1 rings (SSSR count). The van der Waals surface area contributed by atoms with Gasteiger partial charge < -0.3 is 10.6 Å². The summed E-state index contributed by atoms with van der Waals surface area (Å²) in [6.45, 7) is 0.930. The van der Waals surface area contributed by atoms with Crippen molar-refractivity contribution in [3.63, 3.8) is 0 Å². The first-order valence-corrected chi connectivity index (χ1v) is 6.36. The van der Waals surface area contributed by atoms with Crippen LogP contribution in [-0.4, -0.2) is 24.5 Å². The monoisotopic (exact) mass is 240 g/mol. The Balaban J connectivity index is 2.05. The normalized spacial score (nSPS) is 9.67. The molecule has 0 spiro atoms. The molecule has 0 radical (unpaired) electrons. The largest absolute Gasteiger partial charge is 0.366 e. The summed E-state index contributed by atoms with van der Waals surface area (Å²) in [7, 11) is 1.83. The Labute approximate surface area is 101 Å². The molecule has 2 N–H and O–H groups in total. The van der Waals surface area contributed by atoms with Gasteiger partial charge in [-0.05, 0) is 36.5 Å². The molecule has 2 nitrogen and oxygen atoms in total. The van der Waals surface area contributed by atoms with E-state index in [0.717, 1.165) is 23.8 Å². The Kier molecular flexibility index (Phi) is 6.20. The highest BCUT2D eigenvalue weighted by molar-refractivity contribution is 7.99. The van der Waals surface area contributed by atoms with Crippen molar-refractivity contribution in [2.24, 2.45) is 0 Å². The Morgan fingerprint density at radius 2 is 2.07 bits per heavy atom. The van der Waals surface area contributed by atoms with Crippen LogP contribution in [0.4, 0.5) is 0 Å². The molecule has 0 aliphatic heterocycles. The molecule has 0 saturated heterocycles. The van der Waals surface area contributed by atoms with E-state index in [-0.39, 0.29) is 0 Å². The Morgan fingerprint density at radius 1 is 1.33 bits per heavy atom. The van der Waals surface area contributed by atoms with Gasteiger partial charge in [0.25, 0.3) is 0 Å². The van der Waals surface area contributed by atoms with Crippen LogP contribution in [0, 0.1) is 0 Å². The minimum atomic E-state index is 0.722. The lowest BCUT2D eigenvalue weighted by molar-refractivity contribution is 0.835. The maximum atomic E-state index is 4.97. The minimum absolute atomic E-state index is 0.722. The summed E-state index contributed by atoms with van der Waals surface area (Å²) in [5, 5.41) is 6.73. The van der Waals surface area contributed by atoms with Crippen molar-refractivity contribution in [1.82, 2.24) is 10.6 Å². The maximum Gasteiger partial charge on any atom is 0.166 e. The Morgan fingerprint density at radius 3 is 2.73 bits per heavy atom. The van der Waals surface area contributed by atoms with Crippen molar-refractivity contribution in [2.45, 2.75) is 11.3 Å². The maximum absolute atomic E-state index is 4.97. The smallest absolute Gasteiger partial charge is 0.166 e. The fraction of sp³-hybridized carbons (Fsp3) is 0.364. The van der Waals surface area contributed by atoms with E-state index in [1.165, 1.54) is 4.90 Å². The summed E-state index contributed by atoms with van der Waals surface area (Å²) in [6, 6.07) is 10.4. The molecule has 1 aromatic carbocycles. The molecule has 0 heterocycles. The van der Waals surface area contributed by atoms with Crippen LogP contribution >= 0.6 is 24.0 Å². The summed E-state index contributed by atoms with van der Waals surface area (Å²) < 4.78 is 0. The summed E-state index contributed by atoms with van der Waals surface area (Å²) in [5.74, 6) is 1.11. The standard InChI is InChI=1S/C11H16N2S2/c1-12-11(14)13-8-5-9-15-10-6-3-2-4-7-10/h2-4,6-7H,5,8-9H2,1H3,(H2,12,13,14). The number of rotatable bonds is 5. The number of nitrogens with one attached hydrogen (secondary N) is 2. The molecule has 0 fully saturated rings. The van der Waals surface area contributed by atoms with Gasteiger partial charge in [-0.2, -0.15) is 0 Å². The first kappa shape index (κ1) is 12.3. The zero-order valence-corrected chi connectivity index (χ0v) is 10.5. The molecule has 0 bridgehead atoms. The molecule has 0 amide bonds. The molecule has 1 aromatic rings. The minimum Gasteiger partial charge on any atom is -0.366 e. The van der Waals surface area contributed by atoms with E-state index < -0.39 is 0 Å². The van der Waals surface area contributed by atoms with E-state index in [1.807, 2.05) is 24.9 Å². The molecule has 0 aromatic heterocycles. The van der Waals surface area contributed by atoms with Crippen molar-refractivity contribution < 1.29 is 0 Å². The van der Waals surface area contributed by atoms with Gasteiger partial charge in [0.1, 0.15) is 0 Å². The summed E-state index contributed by atoms with van der Waals surface area (Å²) in [4.78, 5) is 1.33. The van der Waals surface area contributed by atoms with Crippen molar-refractivity contribution in [3.8, 4) is 0 Å². The first-order chi connectivity index (χ1) is 7.33. The highest BCUT2D eigenvalue weighted by atomic mass is 32.2. The summed E-state index contributed by atoms with van der Waals surface area (Å²) in [6.07, 6.45) is 1.11. The van der Waals surface area contributed by atoms with Crippen molar-refractivity contribution in [1.29, 1.82) is 0 Å². The number of hydrogen-bond donors (Lipinski definition) is 2. The lowest BCUT2D eigenvalue weighted by Gasteiger charge is -2.06. The van der Waals surface area contributed by atoms with Gasteiger partial charge in [-0.25, -0.2) is 0 Å². The fourth-order valence-corrected chi connectivity index (χ4v) is 2.05. The van der Waals surface area contributed by atoms with Gasteiger partial charge in [-0.15, -0.1) is 11.8 Å². The molecule has 0 unspecified atom stereocenters. The van der Waals surface area contributed by atoms with Gasteiger partial charge >= 0.3 is 0 Å². The predicted octanol–water partition coefficient (Wildman–Crippen LogP) is 2.26. The number of thioether (sulfide) groups is 1. The highest BCUT2D eigenvalue weighted by Crippen LogP contribution is 2.17. The molecular formula is C11H16N2S2. The van der Waals surface area contributed by atoms with Gasteiger partial charge in [0, 0.05) is 18.5 Å². The predicted molar refractivity (Wildman–Crippen MR) is 71.4 cm³/mol. The first-order valence-electron chi connectivity index (χ1n) is 4.96. The van der Waals surface area contributed by atoms with Crippen LogP contribution in [0.3, 0.4) is 0 Å². The van der Waals surface area contributed by atoms with Crippen LogP contribution in [0.15, 0.2) is 35.2 Å². The number of hydrogen-bond acceptors (Lipinski definition) is 2. The molecule has 0 aliphatic carbocycles. The third-order valence-electron chi connectivity index (χ3n) is 1.85. The quantitative estimate of drug-likeness (QED) is 0.468. The van der Waals surface area contributed by atoms with Crippen LogP contribution in [0.1, 0.15) is 6.42 Å². The van der Waals surface area contributed by atoms with Crippen LogP contribution in [0.25, 0.3) is 0 Å². The SMILES string of the molecule is CNC(=S)NCCCSc1ccccc1. The highest BCUT2D eigenvalue weighted by Gasteiger charge is 1.93. The molecule has 0 aliphatic rings. The van der Waals surface area contributed by atoms with Crippen LogP contribution in [0.5, 0.6) is 0 Å². The van der Waals surface area contributed by atoms with Gasteiger partial charge in [0.05, 0.1) is 0 Å². The van der Waals surface area contributed by atoms with Gasteiger partial charge in [0.15, 0.2) is 5.11 Å². The Hall–Kier alpha value is -0.740. The fourth-order valence-electron chi connectivity index (χ4n) is 1.07. The molecule has 0 atom stereocenters. The van der Waals surface area contributed by atoms with E-state index >= 15 is 0 Å². The van der Waals surface area contributed by atoms with Crippen LogP contribution in [0.2, 0.25) is 0 Å². The lowest BCUT2D eigenvalue weighted by Crippen LogP contribution is -2.33. The second kappa shape index (κ2) is 7.54. The van der Waals surface area contributed by atoms with E-state index in [9.17, 15) is 0 Å². The molecule has 82 valence electrons. The summed E-state index contributed by atoms with van der Waals surface area (Å²) in [5.41, 5.74) is 0. The molecule has 0 saturated carbocycles. The van der Waals surface area contributed by atoms with E-state index in [2.05, 4.69) is 34.9 Å². The zero-order valence-electron chi connectivity index (χ0n) is 8.82. The second-order valence-electron chi connectivity index (χ2n) is 3.02. The van der Waals surface area contributed by atoms with Gasteiger partial charge in [-0.1, -0.05) is 18.2 Å². The third-order valence-corrected chi connectivity index (χ3v) is 3.29. The number of thiocarbonyl (C=S) groups is 1. The van der Waals surface area contributed by atoms with Crippen LogP contribution in [-0.2, 0) is 0 Å². The second-order valence-corrected chi connectivity index (χ2v) is 4.60. The van der Waals surface area contributed by atoms with Gasteiger partial charge in [-0.3, -0.25) is 0 Å². The van der Waals surface area contributed by atoms with E-state index in [1.54, 1.807) is 0 Å². The van der Waals surface area contributed by atoms with E-state index in [4.69, 9.17) is 12.2 Å². The zero-order chi connectivity index (χ0) is 10.9. The molecular weight excluding hydrogens is 224 g/mol.